The molecule has 0 atom stereocenters. The molecule has 1 aliphatic heterocycles. The van der Waals surface area contributed by atoms with Crippen LogP contribution in [-0.2, 0) is 6.54 Å². The van der Waals surface area contributed by atoms with Gasteiger partial charge < -0.3 is 14.8 Å². The summed E-state index contributed by atoms with van der Waals surface area (Å²) < 4.78 is 56.3. The van der Waals surface area contributed by atoms with Gasteiger partial charge in [0.1, 0.15) is 11.6 Å². The van der Waals surface area contributed by atoms with Crippen LogP contribution in [0.1, 0.15) is 37.9 Å². The molecule has 5 rings (SSSR count). The number of benzene rings is 3. The van der Waals surface area contributed by atoms with Crippen LogP contribution >= 0.6 is 0 Å². The van der Waals surface area contributed by atoms with Crippen molar-refractivity contribution in [2.24, 2.45) is 4.99 Å². The van der Waals surface area contributed by atoms with E-state index in [9.17, 15) is 17.6 Å². The SMILES string of the molecule is C=C(C)N=C(c1cc(F)cc(F)c1)c1ccc(NC2CCN(c3nc4ccccc4n3CC(F)F)CC2)cc1C.[HH]. The molecule has 4 aromatic rings. The van der Waals surface area contributed by atoms with Gasteiger partial charge in [-0.05, 0) is 68.7 Å². The van der Waals surface area contributed by atoms with Crippen LogP contribution in [0.15, 0.2) is 77.9 Å². The topological polar surface area (TPSA) is 45.5 Å². The molecule has 0 spiro atoms. The predicted molar refractivity (Wildman–Crippen MR) is 155 cm³/mol. The molecule has 0 saturated carbocycles. The maximum Gasteiger partial charge on any atom is 0.256 e. The highest BCUT2D eigenvalue weighted by Gasteiger charge is 2.25. The standard InChI is InChI=1S/C31H31F4N5.H2/c1-19(2)36-30(21-15-22(32)17-23(33)16-21)26-9-8-25(14-20(26)3)37-24-10-12-39(13-11-24)31-38-27-6-4-5-7-28(27)40(31)18-29(34)35;/h4-9,14-17,24,29,37H,1,10-13,18H2,2-3H3;1H. The molecular weight excluding hydrogens is 518 g/mol. The van der Waals surface area contributed by atoms with E-state index in [4.69, 9.17) is 0 Å². The number of rotatable bonds is 8. The number of anilines is 2. The van der Waals surface area contributed by atoms with Gasteiger partial charge in [-0.25, -0.2) is 22.5 Å². The Bertz CT molecular complexity index is 1550. The Morgan fingerprint density at radius 2 is 1.77 bits per heavy atom. The van der Waals surface area contributed by atoms with Crippen molar-refractivity contribution in [3.8, 4) is 0 Å². The molecule has 3 aromatic carbocycles. The van der Waals surface area contributed by atoms with E-state index < -0.39 is 24.6 Å². The van der Waals surface area contributed by atoms with E-state index in [0.29, 0.717) is 47.0 Å². The zero-order valence-electron chi connectivity index (χ0n) is 22.5. The molecule has 9 heteroatoms. The fourth-order valence-corrected chi connectivity index (χ4v) is 5.26. The van der Waals surface area contributed by atoms with Crippen molar-refractivity contribution in [1.82, 2.24) is 9.55 Å². The lowest BCUT2D eigenvalue weighted by Gasteiger charge is -2.34. The number of hydrogen-bond acceptors (Lipinski definition) is 4. The number of fused-ring (bicyclic) bond motifs is 1. The average molecular weight is 552 g/mol. The monoisotopic (exact) mass is 551 g/mol. The van der Waals surface area contributed by atoms with E-state index in [2.05, 4.69) is 26.8 Å². The molecule has 1 aromatic heterocycles. The van der Waals surface area contributed by atoms with Crippen molar-refractivity contribution >= 4 is 28.4 Å². The molecule has 0 unspecified atom stereocenters. The van der Waals surface area contributed by atoms with Crippen molar-refractivity contribution in [3.63, 3.8) is 0 Å². The number of aliphatic imine (C=N–C) groups is 1. The summed E-state index contributed by atoms with van der Waals surface area (Å²) in [7, 11) is 0. The minimum absolute atomic E-state index is 0. The number of para-hydroxylation sites is 2. The number of allylic oxidation sites excluding steroid dienone is 1. The molecule has 0 aliphatic carbocycles. The van der Waals surface area contributed by atoms with Gasteiger partial charge in [0.15, 0.2) is 0 Å². The fraction of sp³-hybridized carbons (Fsp3) is 0.290. The summed E-state index contributed by atoms with van der Waals surface area (Å²) in [4.78, 5) is 11.2. The summed E-state index contributed by atoms with van der Waals surface area (Å²) in [5.74, 6) is -0.758. The normalized spacial score (nSPS) is 14.8. The predicted octanol–water partition coefficient (Wildman–Crippen LogP) is 7.59. The van der Waals surface area contributed by atoms with Gasteiger partial charge in [-0.3, -0.25) is 4.99 Å². The number of imidazole rings is 1. The lowest BCUT2D eigenvalue weighted by molar-refractivity contribution is 0.128. The van der Waals surface area contributed by atoms with Crippen molar-refractivity contribution in [3.05, 3.63) is 101 Å². The molecule has 1 fully saturated rings. The van der Waals surface area contributed by atoms with Gasteiger partial charge in [-0.2, -0.15) is 0 Å². The quantitative estimate of drug-likeness (QED) is 0.181. The summed E-state index contributed by atoms with van der Waals surface area (Å²) in [5, 5.41) is 3.58. The number of nitrogens with one attached hydrogen (secondary N) is 1. The van der Waals surface area contributed by atoms with Crippen LogP contribution in [0.5, 0.6) is 0 Å². The minimum Gasteiger partial charge on any atom is -0.382 e. The van der Waals surface area contributed by atoms with Crippen molar-refractivity contribution in [1.29, 1.82) is 0 Å². The molecule has 40 heavy (non-hydrogen) atoms. The Kier molecular flexibility index (Phi) is 7.91. The number of nitrogens with zero attached hydrogens (tertiary/aromatic N) is 4. The van der Waals surface area contributed by atoms with Gasteiger partial charge in [0.25, 0.3) is 6.43 Å². The van der Waals surface area contributed by atoms with E-state index in [1.54, 1.807) is 11.5 Å². The highest BCUT2D eigenvalue weighted by Crippen LogP contribution is 2.28. The fourth-order valence-electron chi connectivity index (χ4n) is 5.26. The highest BCUT2D eigenvalue weighted by atomic mass is 19.3. The Hall–Kier alpha value is -4.14. The first kappa shape index (κ1) is 27.4. The second-order valence-electron chi connectivity index (χ2n) is 10.2. The second-order valence-corrected chi connectivity index (χ2v) is 10.2. The average Bonchev–Trinajstić information content (AvgIpc) is 3.25. The third-order valence-corrected chi connectivity index (χ3v) is 7.02. The molecule has 0 amide bonds. The first-order valence-electron chi connectivity index (χ1n) is 13.2. The molecular formula is C31H33F4N5. The van der Waals surface area contributed by atoms with Gasteiger partial charge >= 0.3 is 0 Å². The van der Waals surface area contributed by atoms with Crippen LogP contribution in [0.25, 0.3) is 11.0 Å². The Labute approximate surface area is 232 Å². The van der Waals surface area contributed by atoms with Crippen molar-refractivity contribution < 1.29 is 19.0 Å². The lowest BCUT2D eigenvalue weighted by Crippen LogP contribution is -2.40. The summed E-state index contributed by atoms with van der Waals surface area (Å²) >= 11 is 0. The number of aromatic nitrogens is 2. The first-order valence-corrected chi connectivity index (χ1v) is 13.2. The summed E-state index contributed by atoms with van der Waals surface area (Å²) in [5.41, 5.74) is 5.32. The Morgan fingerprint density at radius 1 is 1.07 bits per heavy atom. The first-order chi connectivity index (χ1) is 19.2. The number of piperidine rings is 1. The molecule has 0 radical (unpaired) electrons. The van der Waals surface area contributed by atoms with Crippen LogP contribution in [0.3, 0.4) is 0 Å². The minimum atomic E-state index is -2.47. The Balaban J connectivity index is 0.00000387. The van der Waals surface area contributed by atoms with Gasteiger partial charge in [0.05, 0.1) is 23.3 Å². The van der Waals surface area contributed by atoms with Crippen LogP contribution in [0, 0.1) is 18.6 Å². The van der Waals surface area contributed by atoms with Gasteiger partial charge in [0, 0.05) is 49.1 Å². The smallest absolute Gasteiger partial charge is 0.256 e. The zero-order valence-corrected chi connectivity index (χ0v) is 22.5. The highest BCUT2D eigenvalue weighted by molar-refractivity contribution is 6.14. The molecule has 1 saturated heterocycles. The van der Waals surface area contributed by atoms with Gasteiger partial charge in [0.2, 0.25) is 5.95 Å². The Morgan fingerprint density at radius 3 is 2.42 bits per heavy atom. The molecule has 5 nitrogen and oxygen atoms in total. The third-order valence-electron chi connectivity index (χ3n) is 7.02. The van der Waals surface area contributed by atoms with Gasteiger partial charge in [-0.1, -0.05) is 24.8 Å². The van der Waals surface area contributed by atoms with E-state index in [1.165, 1.54) is 12.1 Å². The molecule has 2 heterocycles. The lowest BCUT2D eigenvalue weighted by atomic mass is 9.96. The second kappa shape index (κ2) is 11.5. The van der Waals surface area contributed by atoms with Crippen LogP contribution in [0.4, 0.5) is 29.2 Å². The molecule has 0 bridgehead atoms. The third kappa shape index (κ3) is 6.03. The van der Waals surface area contributed by atoms with Gasteiger partial charge in [-0.15, -0.1) is 0 Å². The van der Waals surface area contributed by atoms with Crippen LogP contribution < -0.4 is 10.2 Å². The van der Waals surface area contributed by atoms with E-state index in [0.717, 1.165) is 35.7 Å². The number of hydrogen-bond donors (Lipinski definition) is 1. The number of aryl methyl sites for hydroxylation is 1. The van der Waals surface area contributed by atoms with E-state index in [-0.39, 0.29) is 7.47 Å². The van der Waals surface area contributed by atoms with Crippen LogP contribution in [0.2, 0.25) is 0 Å². The number of alkyl halides is 2. The summed E-state index contributed by atoms with van der Waals surface area (Å²) in [6, 6.07) is 16.7. The molecule has 210 valence electrons. The van der Waals surface area contributed by atoms with Crippen molar-refractivity contribution in [2.45, 2.75) is 45.7 Å². The number of halogens is 4. The maximum absolute atomic E-state index is 14.0. The van der Waals surface area contributed by atoms with Crippen molar-refractivity contribution in [2.75, 3.05) is 23.3 Å². The van der Waals surface area contributed by atoms with E-state index >= 15 is 0 Å². The summed E-state index contributed by atoms with van der Waals surface area (Å²) in [6.07, 6.45) is -0.851. The molecule has 1 N–H and O–H groups in total. The molecule has 1 aliphatic rings. The largest absolute Gasteiger partial charge is 0.382 e. The zero-order chi connectivity index (χ0) is 28.4. The van der Waals surface area contributed by atoms with E-state index in [1.807, 2.05) is 49.4 Å². The van der Waals surface area contributed by atoms with Crippen LogP contribution in [-0.4, -0.2) is 40.8 Å². The maximum atomic E-state index is 14.0. The summed E-state index contributed by atoms with van der Waals surface area (Å²) in [6.45, 7) is 8.48.